The first-order chi connectivity index (χ1) is 9.16. The summed E-state index contributed by atoms with van der Waals surface area (Å²) >= 11 is 0. The number of anilines is 1. The molecule has 1 saturated carbocycles. The zero-order valence-electron chi connectivity index (χ0n) is 11.1. The van der Waals surface area contributed by atoms with E-state index < -0.39 is 0 Å². The molecule has 6 heteroatoms. The maximum absolute atomic E-state index is 11.9. The maximum Gasteiger partial charge on any atom is 0.245 e. The maximum atomic E-state index is 11.9. The van der Waals surface area contributed by atoms with Crippen molar-refractivity contribution in [1.82, 2.24) is 10.1 Å². The molecule has 1 aliphatic carbocycles. The number of hydrogen-bond acceptors (Lipinski definition) is 4. The van der Waals surface area contributed by atoms with Gasteiger partial charge in [-0.2, -0.15) is 0 Å². The third-order valence-corrected chi connectivity index (χ3v) is 3.44. The number of carbonyl (C=O) groups is 2. The van der Waals surface area contributed by atoms with Crippen LogP contribution in [0.3, 0.4) is 0 Å². The summed E-state index contributed by atoms with van der Waals surface area (Å²) < 4.78 is 4.64. The van der Waals surface area contributed by atoms with Crippen molar-refractivity contribution in [3.05, 3.63) is 12.3 Å². The minimum absolute atomic E-state index is 0.0535. The summed E-state index contributed by atoms with van der Waals surface area (Å²) in [7, 11) is 0. The van der Waals surface area contributed by atoms with Crippen LogP contribution in [0.15, 0.2) is 16.9 Å². The van der Waals surface area contributed by atoms with Crippen molar-refractivity contribution >= 4 is 17.6 Å². The average molecular weight is 265 g/mol. The van der Waals surface area contributed by atoms with E-state index >= 15 is 0 Å². The van der Waals surface area contributed by atoms with Gasteiger partial charge in [0.25, 0.3) is 0 Å². The van der Waals surface area contributed by atoms with Gasteiger partial charge in [0.2, 0.25) is 11.8 Å². The first-order valence-corrected chi connectivity index (χ1v) is 6.64. The van der Waals surface area contributed by atoms with Crippen molar-refractivity contribution in [2.45, 2.75) is 45.1 Å². The molecular weight excluding hydrogens is 246 g/mol. The number of nitrogens with one attached hydrogen (secondary N) is 1. The van der Waals surface area contributed by atoms with Gasteiger partial charge in [0.1, 0.15) is 12.8 Å². The van der Waals surface area contributed by atoms with Gasteiger partial charge in [0.05, 0.1) is 0 Å². The van der Waals surface area contributed by atoms with E-state index in [9.17, 15) is 9.59 Å². The van der Waals surface area contributed by atoms with Gasteiger partial charge in [0, 0.05) is 19.0 Å². The summed E-state index contributed by atoms with van der Waals surface area (Å²) in [6.45, 7) is 1.59. The molecule has 104 valence electrons. The van der Waals surface area contributed by atoms with Gasteiger partial charge >= 0.3 is 0 Å². The number of carbonyl (C=O) groups excluding carboxylic acids is 2. The van der Waals surface area contributed by atoms with Gasteiger partial charge in [-0.15, -0.1) is 0 Å². The monoisotopic (exact) mass is 265 g/mol. The van der Waals surface area contributed by atoms with Gasteiger partial charge in [-0.25, -0.2) is 0 Å². The predicted octanol–water partition coefficient (Wildman–Crippen LogP) is 1.79. The highest BCUT2D eigenvalue weighted by Crippen LogP contribution is 2.22. The highest BCUT2D eigenvalue weighted by molar-refractivity contribution is 5.93. The molecule has 1 aliphatic rings. The Morgan fingerprint density at radius 3 is 2.74 bits per heavy atom. The Bertz CT molecular complexity index is 424. The van der Waals surface area contributed by atoms with E-state index in [4.69, 9.17) is 0 Å². The lowest BCUT2D eigenvalue weighted by molar-refractivity contribution is -0.135. The molecule has 0 aliphatic heterocycles. The van der Waals surface area contributed by atoms with Crippen LogP contribution >= 0.6 is 0 Å². The summed E-state index contributed by atoms with van der Waals surface area (Å²) in [5.74, 6) is 0.0778. The van der Waals surface area contributed by atoms with Gasteiger partial charge in [-0.05, 0) is 12.8 Å². The van der Waals surface area contributed by atoms with Crippen LogP contribution in [0.25, 0.3) is 0 Å². The summed E-state index contributed by atoms with van der Waals surface area (Å²) in [6.07, 6.45) is 6.82. The zero-order valence-corrected chi connectivity index (χ0v) is 11.1. The molecule has 19 heavy (non-hydrogen) atoms. The van der Waals surface area contributed by atoms with E-state index in [-0.39, 0.29) is 24.4 Å². The number of aromatic nitrogens is 1. The van der Waals surface area contributed by atoms with Crippen LogP contribution in [0.1, 0.15) is 39.0 Å². The van der Waals surface area contributed by atoms with Crippen LogP contribution in [0.2, 0.25) is 0 Å². The van der Waals surface area contributed by atoms with E-state index in [2.05, 4.69) is 15.0 Å². The molecule has 2 amide bonds. The number of rotatable bonds is 4. The van der Waals surface area contributed by atoms with Crippen molar-refractivity contribution in [2.75, 3.05) is 11.9 Å². The molecule has 1 fully saturated rings. The molecule has 0 aromatic carbocycles. The topological polar surface area (TPSA) is 75.4 Å². The van der Waals surface area contributed by atoms with Gasteiger partial charge in [-0.3, -0.25) is 9.59 Å². The van der Waals surface area contributed by atoms with E-state index in [1.165, 1.54) is 19.6 Å². The molecule has 0 unspecified atom stereocenters. The molecule has 1 heterocycles. The third kappa shape index (κ3) is 3.81. The Morgan fingerprint density at radius 2 is 2.16 bits per heavy atom. The molecule has 1 N–H and O–H groups in total. The number of nitrogens with zero attached hydrogens (tertiary/aromatic N) is 2. The summed E-state index contributed by atoms with van der Waals surface area (Å²) in [5, 5.41) is 6.22. The second-order valence-corrected chi connectivity index (χ2v) is 4.87. The Labute approximate surface area is 112 Å². The molecule has 0 saturated heterocycles. The molecule has 0 spiro atoms. The van der Waals surface area contributed by atoms with E-state index in [0.29, 0.717) is 5.82 Å². The lowest BCUT2D eigenvalue weighted by Gasteiger charge is -2.33. The van der Waals surface area contributed by atoms with Gasteiger partial charge < -0.3 is 14.7 Å². The summed E-state index contributed by atoms with van der Waals surface area (Å²) in [6, 6.07) is 1.76. The molecule has 0 radical (unpaired) electrons. The Hall–Kier alpha value is -1.85. The zero-order chi connectivity index (χ0) is 13.7. The van der Waals surface area contributed by atoms with E-state index in [1.54, 1.807) is 11.0 Å². The number of amides is 2. The fourth-order valence-electron chi connectivity index (χ4n) is 2.50. The predicted molar refractivity (Wildman–Crippen MR) is 69.4 cm³/mol. The molecule has 1 aromatic rings. The van der Waals surface area contributed by atoms with Gasteiger partial charge in [-0.1, -0.05) is 24.4 Å². The largest absolute Gasteiger partial charge is 0.363 e. The van der Waals surface area contributed by atoms with E-state index in [0.717, 1.165) is 25.7 Å². The second kappa shape index (κ2) is 6.36. The molecule has 0 atom stereocenters. The first kappa shape index (κ1) is 13.6. The normalized spacial score (nSPS) is 16.1. The van der Waals surface area contributed by atoms with Crippen LogP contribution in [0.5, 0.6) is 0 Å². The lowest BCUT2D eigenvalue weighted by Crippen LogP contribution is -2.44. The molecule has 1 aromatic heterocycles. The van der Waals surface area contributed by atoms with Crippen LogP contribution in [0, 0.1) is 0 Å². The minimum atomic E-state index is -0.241. The average Bonchev–Trinajstić information content (AvgIpc) is 2.89. The van der Waals surface area contributed by atoms with Crippen LogP contribution < -0.4 is 5.32 Å². The van der Waals surface area contributed by atoms with Crippen molar-refractivity contribution in [1.29, 1.82) is 0 Å². The molecule has 6 nitrogen and oxygen atoms in total. The quantitative estimate of drug-likeness (QED) is 0.900. The van der Waals surface area contributed by atoms with Crippen molar-refractivity contribution in [3.8, 4) is 0 Å². The summed E-state index contributed by atoms with van der Waals surface area (Å²) in [4.78, 5) is 25.2. The van der Waals surface area contributed by atoms with Crippen molar-refractivity contribution in [2.24, 2.45) is 0 Å². The van der Waals surface area contributed by atoms with Crippen LogP contribution in [0.4, 0.5) is 5.82 Å². The van der Waals surface area contributed by atoms with Crippen molar-refractivity contribution in [3.63, 3.8) is 0 Å². The smallest absolute Gasteiger partial charge is 0.245 e. The Kier molecular flexibility index (Phi) is 4.54. The molecule has 0 bridgehead atoms. The first-order valence-electron chi connectivity index (χ1n) is 6.64. The standard InChI is InChI=1S/C13H19N3O3/c1-10(17)16(11-5-3-2-4-6-11)9-13(18)14-12-7-8-19-15-12/h7-8,11H,2-6,9H2,1H3,(H,14,15,18). The summed E-state index contributed by atoms with van der Waals surface area (Å²) in [5.41, 5.74) is 0. The molecule has 2 rings (SSSR count). The number of hydrogen-bond donors (Lipinski definition) is 1. The fourth-order valence-corrected chi connectivity index (χ4v) is 2.50. The minimum Gasteiger partial charge on any atom is -0.363 e. The highest BCUT2D eigenvalue weighted by atomic mass is 16.5. The Morgan fingerprint density at radius 1 is 1.42 bits per heavy atom. The second-order valence-electron chi connectivity index (χ2n) is 4.87. The van der Waals surface area contributed by atoms with Crippen LogP contribution in [-0.2, 0) is 9.59 Å². The lowest BCUT2D eigenvalue weighted by atomic mass is 9.94. The van der Waals surface area contributed by atoms with E-state index in [1.807, 2.05) is 0 Å². The third-order valence-electron chi connectivity index (χ3n) is 3.44. The SMILES string of the molecule is CC(=O)N(CC(=O)Nc1ccon1)C1CCCCC1. The van der Waals surface area contributed by atoms with Crippen molar-refractivity contribution < 1.29 is 14.1 Å². The van der Waals surface area contributed by atoms with Gasteiger partial charge in [0.15, 0.2) is 5.82 Å². The van der Waals surface area contributed by atoms with Crippen LogP contribution in [-0.4, -0.2) is 34.5 Å². The Balaban J connectivity index is 1.92. The molecular formula is C13H19N3O3. The fraction of sp³-hybridized carbons (Fsp3) is 0.615. The highest BCUT2D eigenvalue weighted by Gasteiger charge is 2.25.